The molecule has 7 heteroatoms. The van der Waals surface area contributed by atoms with E-state index in [2.05, 4.69) is 34.6 Å². The summed E-state index contributed by atoms with van der Waals surface area (Å²) < 4.78 is 2.15. The summed E-state index contributed by atoms with van der Waals surface area (Å²) in [7, 11) is 1.69. The van der Waals surface area contributed by atoms with Crippen molar-refractivity contribution in [3.8, 4) is 0 Å². The largest absolute Gasteiger partial charge is 0.355 e. The van der Waals surface area contributed by atoms with Crippen molar-refractivity contribution < 1.29 is 4.79 Å². The SMILES string of the molecule is Cn1c(SCC(=O)NCCC(c2ccccc2)c2ccccc2)nc2ccsc2c1=O. The Kier molecular flexibility index (Phi) is 6.84. The number of nitrogens with zero attached hydrogens (tertiary/aromatic N) is 2. The van der Waals surface area contributed by atoms with E-state index in [0.29, 0.717) is 21.9 Å². The predicted molar refractivity (Wildman–Crippen MR) is 128 cm³/mol. The molecule has 2 heterocycles. The molecular formula is C24H23N3O2S2. The Morgan fingerprint density at radius 3 is 2.35 bits per heavy atom. The maximum absolute atomic E-state index is 12.4. The Morgan fingerprint density at radius 2 is 1.71 bits per heavy atom. The normalized spacial score (nSPS) is 11.2. The number of hydrogen-bond acceptors (Lipinski definition) is 5. The van der Waals surface area contributed by atoms with Crippen molar-refractivity contribution >= 4 is 39.2 Å². The Hall–Kier alpha value is -2.90. The number of amides is 1. The van der Waals surface area contributed by atoms with Crippen molar-refractivity contribution in [1.29, 1.82) is 0 Å². The van der Waals surface area contributed by atoms with Crippen molar-refractivity contribution in [2.75, 3.05) is 12.3 Å². The highest BCUT2D eigenvalue weighted by Gasteiger charge is 2.15. The van der Waals surface area contributed by atoms with Gasteiger partial charge in [-0.2, -0.15) is 0 Å². The zero-order chi connectivity index (χ0) is 21.6. The zero-order valence-electron chi connectivity index (χ0n) is 17.2. The zero-order valence-corrected chi connectivity index (χ0v) is 18.8. The van der Waals surface area contributed by atoms with Crippen molar-refractivity contribution in [2.45, 2.75) is 17.5 Å². The summed E-state index contributed by atoms with van der Waals surface area (Å²) in [6.07, 6.45) is 0.808. The molecule has 0 bridgehead atoms. The first kappa shape index (κ1) is 21.3. The number of carbonyl (C=O) groups is 1. The van der Waals surface area contributed by atoms with Gasteiger partial charge in [0.05, 0.1) is 11.3 Å². The molecule has 0 aliphatic carbocycles. The summed E-state index contributed by atoms with van der Waals surface area (Å²) in [6.45, 7) is 0.573. The summed E-state index contributed by atoms with van der Waals surface area (Å²) in [6, 6.07) is 22.5. The van der Waals surface area contributed by atoms with Gasteiger partial charge in [0.1, 0.15) is 4.70 Å². The molecule has 1 amide bonds. The summed E-state index contributed by atoms with van der Waals surface area (Å²) in [5.74, 6) is 0.375. The van der Waals surface area contributed by atoms with Crippen LogP contribution in [-0.2, 0) is 11.8 Å². The smallest absolute Gasteiger partial charge is 0.271 e. The highest BCUT2D eigenvalue weighted by molar-refractivity contribution is 7.99. The van der Waals surface area contributed by atoms with E-state index >= 15 is 0 Å². The molecule has 0 aliphatic rings. The van der Waals surface area contributed by atoms with Crippen LogP contribution in [0.5, 0.6) is 0 Å². The highest BCUT2D eigenvalue weighted by atomic mass is 32.2. The van der Waals surface area contributed by atoms with E-state index in [4.69, 9.17) is 0 Å². The van der Waals surface area contributed by atoms with Crippen LogP contribution in [0.3, 0.4) is 0 Å². The molecule has 0 saturated heterocycles. The van der Waals surface area contributed by atoms with E-state index in [1.54, 1.807) is 7.05 Å². The number of thiophene rings is 1. The van der Waals surface area contributed by atoms with Gasteiger partial charge in [-0.1, -0.05) is 72.4 Å². The Morgan fingerprint density at radius 1 is 1.06 bits per heavy atom. The number of fused-ring (bicyclic) bond motifs is 1. The molecule has 4 rings (SSSR count). The van der Waals surface area contributed by atoms with Gasteiger partial charge in [-0.25, -0.2) is 4.98 Å². The lowest BCUT2D eigenvalue weighted by Gasteiger charge is -2.18. The van der Waals surface area contributed by atoms with Crippen LogP contribution in [0.1, 0.15) is 23.5 Å². The van der Waals surface area contributed by atoms with Crippen LogP contribution < -0.4 is 10.9 Å². The van der Waals surface area contributed by atoms with Gasteiger partial charge in [-0.05, 0) is 29.0 Å². The number of nitrogens with one attached hydrogen (secondary N) is 1. The second kappa shape index (κ2) is 9.94. The van der Waals surface area contributed by atoms with Crippen molar-refractivity contribution in [3.05, 3.63) is 93.6 Å². The summed E-state index contributed by atoms with van der Waals surface area (Å²) >= 11 is 2.67. The average molecular weight is 450 g/mol. The molecule has 0 radical (unpaired) electrons. The lowest BCUT2D eigenvalue weighted by Crippen LogP contribution is -2.28. The second-order valence-electron chi connectivity index (χ2n) is 7.19. The molecular weight excluding hydrogens is 426 g/mol. The van der Waals surface area contributed by atoms with Gasteiger partial charge >= 0.3 is 0 Å². The topological polar surface area (TPSA) is 64.0 Å². The van der Waals surface area contributed by atoms with E-state index in [0.717, 1.165) is 6.42 Å². The molecule has 4 aromatic rings. The van der Waals surface area contributed by atoms with E-state index in [-0.39, 0.29) is 23.1 Å². The van der Waals surface area contributed by atoms with Gasteiger partial charge in [0.25, 0.3) is 5.56 Å². The van der Waals surface area contributed by atoms with Gasteiger partial charge < -0.3 is 5.32 Å². The fraction of sp³-hybridized carbons (Fsp3) is 0.208. The van der Waals surface area contributed by atoms with Gasteiger partial charge in [0, 0.05) is 19.5 Å². The van der Waals surface area contributed by atoms with E-state index < -0.39 is 0 Å². The number of aromatic nitrogens is 2. The third-order valence-corrected chi connectivity index (χ3v) is 7.06. The standard InChI is InChI=1S/C24H23N3O2S2/c1-27-23(29)22-20(13-15-30-22)26-24(27)31-16-21(28)25-14-12-19(17-8-4-2-5-9-17)18-10-6-3-7-11-18/h2-11,13,15,19H,12,14,16H2,1H3,(H,25,28). The molecule has 5 nitrogen and oxygen atoms in total. The molecule has 0 saturated carbocycles. The van der Waals surface area contributed by atoms with Crippen LogP contribution in [0.25, 0.3) is 10.2 Å². The van der Waals surface area contributed by atoms with Gasteiger partial charge in [0.15, 0.2) is 5.16 Å². The lowest BCUT2D eigenvalue weighted by atomic mass is 9.88. The molecule has 2 aromatic carbocycles. The quantitative estimate of drug-likeness (QED) is 0.319. The third-order valence-electron chi connectivity index (χ3n) is 5.14. The minimum Gasteiger partial charge on any atom is -0.355 e. The molecule has 0 fully saturated rings. The molecule has 0 atom stereocenters. The van der Waals surface area contributed by atoms with Crippen molar-refractivity contribution in [2.24, 2.45) is 7.05 Å². The molecule has 0 aliphatic heterocycles. The molecule has 2 aromatic heterocycles. The third kappa shape index (κ3) is 5.06. The predicted octanol–water partition coefficient (Wildman–Crippen LogP) is 4.43. The van der Waals surface area contributed by atoms with E-state index in [1.807, 2.05) is 47.8 Å². The monoisotopic (exact) mass is 449 g/mol. The Bertz CT molecular complexity index is 1180. The first-order chi connectivity index (χ1) is 15.1. The lowest BCUT2D eigenvalue weighted by molar-refractivity contribution is -0.118. The second-order valence-corrected chi connectivity index (χ2v) is 9.05. The first-order valence-electron chi connectivity index (χ1n) is 10.1. The van der Waals surface area contributed by atoms with Crippen LogP contribution in [0, 0.1) is 0 Å². The maximum atomic E-state index is 12.4. The van der Waals surface area contributed by atoms with Gasteiger partial charge in [0.2, 0.25) is 5.91 Å². The van der Waals surface area contributed by atoms with Crippen LogP contribution in [0.15, 0.2) is 82.1 Å². The fourth-order valence-corrected chi connectivity index (χ4v) is 5.14. The summed E-state index contributed by atoms with van der Waals surface area (Å²) in [4.78, 5) is 29.3. The van der Waals surface area contributed by atoms with Crippen molar-refractivity contribution in [3.63, 3.8) is 0 Å². The maximum Gasteiger partial charge on any atom is 0.271 e. The van der Waals surface area contributed by atoms with Gasteiger partial charge in [-0.3, -0.25) is 14.2 Å². The van der Waals surface area contributed by atoms with Crippen LogP contribution in [0.4, 0.5) is 0 Å². The average Bonchev–Trinajstić information content (AvgIpc) is 3.28. The molecule has 158 valence electrons. The number of rotatable bonds is 8. The first-order valence-corrected chi connectivity index (χ1v) is 11.9. The van der Waals surface area contributed by atoms with Crippen LogP contribution in [-0.4, -0.2) is 27.8 Å². The molecule has 0 unspecified atom stereocenters. The molecule has 1 N–H and O–H groups in total. The number of thioether (sulfide) groups is 1. The molecule has 0 spiro atoms. The van der Waals surface area contributed by atoms with Crippen LogP contribution >= 0.6 is 23.1 Å². The number of benzene rings is 2. The molecule has 31 heavy (non-hydrogen) atoms. The van der Waals surface area contributed by atoms with Gasteiger partial charge in [-0.15, -0.1) is 11.3 Å². The number of hydrogen-bond donors (Lipinski definition) is 1. The summed E-state index contributed by atoms with van der Waals surface area (Å²) in [5.41, 5.74) is 3.09. The van der Waals surface area contributed by atoms with Crippen LogP contribution in [0.2, 0.25) is 0 Å². The minimum atomic E-state index is -0.0727. The minimum absolute atomic E-state index is 0.0652. The Labute approximate surface area is 189 Å². The fourth-order valence-electron chi connectivity index (χ4n) is 3.53. The number of carbonyl (C=O) groups excluding carboxylic acids is 1. The summed E-state index contributed by atoms with van der Waals surface area (Å²) in [5, 5.41) is 5.43. The van der Waals surface area contributed by atoms with E-state index in [1.165, 1.54) is 38.8 Å². The Balaban J connectivity index is 1.36. The highest BCUT2D eigenvalue weighted by Crippen LogP contribution is 2.27. The van der Waals surface area contributed by atoms with E-state index in [9.17, 15) is 9.59 Å². The van der Waals surface area contributed by atoms with Crippen molar-refractivity contribution in [1.82, 2.24) is 14.9 Å².